The second kappa shape index (κ2) is 6.58. The molecule has 0 aliphatic heterocycles. The predicted octanol–water partition coefficient (Wildman–Crippen LogP) is 6.08. The molecule has 0 heterocycles. The number of rotatable bonds is 4. The van der Waals surface area contributed by atoms with E-state index in [1.165, 1.54) is 35.2 Å². The highest BCUT2D eigenvalue weighted by atomic mass is 35.5. The summed E-state index contributed by atoms with van der Waals surface area (Å²) in [6, 6.07) is 15.2. The highest BCUT2D eigenvalue weighted by Crippen LogP contribution is 2.34. The summed E-state index contributed by atoms with van der Waals surface area (Å²) in [7, 11) is 0. The van der Waals surface area contributed by atoms with E-state index in [9.17, 15) is 0 Å². The average molecular weight is 312 g/mol. The molecule has 3 rings (SSSR count). The standard InChI is InChI=1S/C20H22ClN/c1-14-11-15(2)13-19(12-14)22-20(16-5-3-4-6-16)17-7-9-18(21)10-8-17/h3,5,7-13,16,20,22H,4,6H2,1-2H3. The number of hydrogen-bond donors (Lipinski definition) is 1. The summed E-state index contributed by atoms with van der Waals surface area (Å²) in [5.74, 6) is 0.530. The fourth-order valence-corrected chi connectivity index (χ4v) is 3.40. The maximum absolute atomic E-state index is 6.04. The van der Waals surface area contributed by atoms with Crippen molar-refractivity contribution in [3.05, 3.63) is 76.3 Å². The second-order valence-electron chi connectivity index (χ2n) is 6.22. The van der Waals surface area contributed by atoms with Gasteiger partial charge in [-0.25, -0.2) is 0 Å². The molecule has 1 aliphatic carbocycles. The minimum absolute atomic E-state index is 0.289. The van der Waals surface area contributed by atoms with E-state index in [2.05, 4.69) is 61.6 Å². The first-order valence-corrected chi connectivity index (χ1v) is 8.26. The van der Waals surface area contributed by atoms with Gasteiger partial charge in [0.1, 0.15) is 0 Å². The Kier molecular flexibility index (Phi) is 4.54. The van der Waals surface area contributed by atoms with Gasteiger partial charge < -0.3 is 5.32 Å². The van der Waals surface area contributed by atoms with Crippen molar-refractivity contribution in [2.45, 2.75) is 32.7 Å². The molecule has 114 valence electrons. The molecule has 0 saturated carbocycles. The zero-order valence-electron chi connectivity index (χ0n) is 13.1. The summed E-state index contributed by atoms with van der Waals surface area (Å²) >= 11 is 6.04. The van der Waals surface area contributed by atoms with Gasteiger partial charge in [0.15, 0.2) is 0 Å². The van der Waals surface area contributed by atoms with Crippen molar-refractivity contribution in [1.82, 2.24) is 0 Å². The van der Waals surface area contributed by atoms with E-state index >= 15 is 0 Å². The first-order valence-electron chi connectivity index (χ1n) is 7.89. The molecular weight excluding hydrogens is 290 g/mol. The first kappa shape index (κ1) is 15.2. The smallest absolute Gasteiger partial charge is 0.0576 e. The van der Waals surface area contributed by atoms with Crippen LogP contribution in [0.15, 0.2) is 54.6 Å². The van der Waals surface area contributed by atoms with Crippen LogP contribution in [0.4, 0.5) is 5.69 Å². The third-order valence-corrected chi connectivity index (χ3v) is 4.50. The number of aryl methyl sites for hydroxylation is 2. The molecule has 2 atom stereocenters. The average Bonchev–Trinajstić information content (AvgIpc) is 2.99. The number of hydrogen-bond acceptors (Lipinski definition) is 1. The van der Waals surface area contributed by atoms with Crippen molar-refractivity contribution in [3.8, 4) is 0 Å². The lowest BCUT2D eigenvalue weighted by Gasteiger charge is -2.26. The summed E-state index contributed by atoms with van der Waals surface area (Å²) < 4.78 is 0. The van der Waals surface area contributed by atoms with Crippen LogP contribution in [-0.4, -0.2) is 0 Å². The largest absolute Gasteiger partial charge is 0.378 e. The molecule has 0 saturated heterocycles. The van der Waals surface area contributed by atoms with Crippen molar-refractivity contribution in [2.75, 3.05) is 5.32 Å². The molecule has 1 N–H and O–H groups in total. The van der Waals surface area contributed by atoms with Crippen molar-refractivity contribution in [3.63, 3.8) is 0 Å². The minimum Gasteiger partial charge on any atom is -0.378 e. The summed E-state index contributed by atoms with van der Waals surface area (Å²) in [6.45, 7) is 4.29. The van der Waals surface area contributed by atoms with Gasteiger partial charge in [-0.3, -0.25) is 0 Å². The number of nitrogens with one attached hydrogen (secondary N) is 1. The fourth-order valence-electron chi connectivity index (χ4n) is 3.28. The monoisotopic (exact) mass is 311 g/mol. The van der Waals surface area contributed by atoms with Gasteiger partial charge in [-0.05, 0) is 67.6 Å². The van der Waals surface area contributed by atoms with Gasteiger partial charge in [-0.2, -0.15) is 0 Å². The van der Waals surface area contributed by atoms with Gasteiger partial charge in [0, 0.05) is 16.6 Å². The van der Waals surface area contributed by atoms with Crippen LogP contribution < -0.4 is 5.32 Å². The molecule has 22 heavy (non-hydrogen) atoms. The van der Waals surface area contributed by atoms with E-state index in [1.807, 2.05) is 12.1 Å². The highest BCUT2D eigenvalue weighted by Gasteiger charge is 2.23. The Morgan fingerprint density at radius 2 is 1.73 bits per heavy atom. The Labute approximate surface area is 138 Å². The molecule has 0 spiro atoms. The van der Waals surface area contributed by atoms with Crippen LogP contribution in [0.2, 0.25) is 5.02 Å². The van der Waals surface area contributed by atoms with Crippen LogP contribution in [-0.2, 0) is 0 Å². The first-order chi connectivity index (χ1) is 10.6. The molecule has 0 amide bonds. The van der Waals surface area contributed by atoms with Gasteiger partial charge in [0.2, 0.25) is 0 Å². The number of anilines is 1. The van der Waals surface area contributed by atoms with Crippen molar-refractivity contribution in [2.24, 2.45) is 5.92 Å². The molecule has 0 fully saturated rings. The zero-order valence-corrected chi connectivity index (χ0v) is 13.9. The van der Waals surface area contributed by atoms with E-state index < -0.39 is 0 Å². The van der Waals surface area contributed by atoms with Gasteiger partial charge >= 0.3 is 0 Å². The van der Waals surface area contributed by atoms with E-state index in [0.717, 1.165) is 5.02 Å². The second-order valence-corrected chi connectivity index (χ2v) is 6.66. The van der Waals surface area contributed by atoms with Gasteiger partial charge in [0.25, 0.3) is 0 Å². The molecular formula is C20H22ClN. The summed E-state index contributed by atoms with van der Waals surface area (Å²) in [6.07, 6.45) is 7.00. The zero-order chi connectivity index (χ0) is 15.5. The Morgan fingerprint density at radius 1 is 1.05 bits per heavy atom. The third kappa shape index (κ3) is 3.53. The van der Waals surface area contributed by atoms with Gasteiger partial charge in [0.05, 0.1) is 6.04 Å². The predicted molar refractivity (Wildman–Crippen MR) is 95.6 cm³/mol. The lowest BCUT2D eigenvalue weighted by atomic mass is 9.92. The Balaban J connectivity index is 1.91. The van der Waals surface area contributed by atoms with Crippen molar-refractivity contribution in [1.29, 1.82) is 0 Å². The molecule has 1 nitrogen and oxygen atoms in total. The van der Waals surface area contributed by atoms with Crippen LogP contribution in [0.3, 0.4) is 0 Å². The molecule has 2 aromatic carbocycles. The van der Waals surface area contributed by atoms with Crippen molar-refractivity contribution >= 4 is 17.3 Å². The topological polar surface area (TPSA) is 12.0 Å². The fraction of sp³-hybridized carbons (Fsp3) is 0.300. The van der Waals surface area contributed by atoms with Crippen LogP contribution in [0.1, 0.15) is 35.6 Å². The SMILES string of the molecule is Cc1cc(C)cc(NC(c2ccc(Cl)cc2)C2C=CCC2)c1. The van der Waals surface area contributed by atoms with Crippen LogP contribution in [0.5, 0.6) is 0 Å². The maximum atomic E-state index is 6.04. The lowest BCUT2D eigenvalue weighted by molar-refractivity contribution is 0.542. The van der Waals surface area contributed by atoms with Crippen LogP contribution >= 0.6 is 11.6 Å². The molecule has 2 heteroatoms. The third-order valence-electron chi connectivity index (χ3n) is 4.25. The number of allylic oxidation sites excluding steroid dienone is 1. The molecule has 0 radical (unpaired) electrons. The summed E-state index contributed by atoms with van der Waals surface area (Å²) in [4.78, 5) is 0. The lowest BCUT2D eigenvalue weighted by Crippen LogP contribution is -2.18. The molecule has 0 bridgehead atoms. The van der Waals surface area contributed by atoms with Crippen molar-refractivity contribution < 1.29 is 0 Å². The molecule has 0 aromatic heterocycles. The number of halogens is 1. The molecule has 2 unspecified atom stereocenters. The van der Waals surface area contributed by atoms with E-state index in [-0.39, 0.29) is 6.04 Å². The molecule has 1 aliphatic rings. The Hall–Kier alpha value is -1.73. The van der Waals surface area contributed by atoms with Gasteiger partial charge in [-0.1, -0.05) is 42.0 Å². The Morgan fingerprint density at radius 3 is 2.32 bits per heavy atom. The minimum atomic E-state index is 0.289. The number of benzene rings is 2. The highest BCUT2D eigenvalue weighted by molar-refractivity contribution is 6.30. The van der Waals surface area contributed by atoms with E-state index in [1.54, 1.807) is 0 Å². The van der Waals surface area contributed by atoms with E-state index in [0.29, 0.717) is 5.92 Å². The molecule has 2 aromatic rings. The quantitative estimate of drug-likeness (QED) is 0.675. The van der Waals surface area contributed by atoms with Crippen LogP contribution in [0, 0.1) is 19.8 Å². The van der Waals surface area contributed by atoms with Crippen LogP contribution in [0.25, 0.3) is 0 Å². The summed E-state index contributed by atoms with van der Waals surface area (Å²) in [5.41, 5.74) is 5.07. The van der Waals surface area contributed by atoms with Gasteiger partial charge in [-0.15, -0.1) is 0 Å². The normalized spacial score (nSPS) is 18.4. The summed E-state index contributed by atoms with van der Waals surface area (Å²) in [5, 5.41) is 4.53. The maximum Gasteiger partial charge on any atom is 0.0576 e. The Bertz CT molecular complexity index is 652. The van der Waals surface area contributed by atoms with E-state index in [4.69, 9.17) is 11.6 Å².